The highest BCUT2D eigenvalue weighted by Gasteiger charge is 2.19. The molecule has 0 aliphatic carbocycles. The molecule has 4 heteroatoms. The molecule has 4 nitrogen and oxygen atoms in total. The lowest BCUT2D eigenvalue weighted by Crippen LogP contribution is -2.23. The van der Waals surface area contributed by atoms with Gasteiger partial charge in [0, 0.05) is 35.8 Å². The Kier molecular flexibility index (Phi) is 2.80. The van der Waals surface area contributed by atoms with Crippen LogP contribution < -0.4 is 11.1 Å². The van der Waals surface area contributed by atoms with Crippen molar-refractivity contribution >= 4 is 22.1 Å². The highest BCUT2D eigenvalue weighted by atomic mass is 15.2. The van der Waals surface area contributed by atoms with Crippen molar-refractivity contribution in [2.45, 2.75) is 12.5 Å². The van der Waals surface area contributed by atoms with Crippen molar-refractivity contribution in [2.75, 3.05) is 31.2 Å². The third-order valence-electron chi connectivity index (χ3n) is 3.61. The van der Waals surface area contributed by atoms with Crippen LogP contribution in [0.4, 0.5) is 11.4 Å². The fourth-order valence-corrected chi connectivity index (χ4v) is 2.59. The van der Waals surface area contributed by atoms with Gasteiger partial charge in [-0.2, -0.15) is 0 Å². The SMILES string of the molecule is CN1CCC(Nc2ccc3cnccc3c2N)C1. The molecule has 0 saturated carbocycles. The average Bonchev–Trinajstić information content (AvgIpc) is 2.79. The number of hydrogen-bond acceptors (Lipinski definition) is 4. The second-order valence-corrected chi connectivity index (χ2v) is 5.02. The van der Waals surface area contributed by atoms with Gasteiger partial charge in [0.25, 0.3) is 0 Å². The first-order chi connectivity index (χ1) is 8.74. The fraction of sp³-hybridized carbons (Fsp3) is 0.357. The first-order valence-corrected chi connectivity index (χ1v) is 6.31. The van der Waals surface area contributed by atoms with Crippen LogP contribution in [0.2, 0.25) is 0 Å². The van der Waals surface area contributed by atoms with Gasteiger partial charge in [0.15, 0.2) is 0 Å². The lowest BCUT2D eigenvalue weighted by molar-refractivity contribution is 0.414. The number of hydrogen-bond donors (Lipinski definition) is 2. The number of aromatic nitrogens is 1. The molecular weight excluding hydrogens is 224 g/mol. The van der Waals surface area contributed by atoms with E-state index in [9.17, 15) is 0 Å². The van der Waals surface area contributed by atoms with Gasteiger partial charge in [-0.05, 0) is 32.1 Å². The maximum absolute atomic E-state index is 6.23. The van der Waals surface area contributed by atoms with Gasteiger partial charge in [-0.3, -0.25) is 4.98 Å². The van der Waals surface area contributed by atoms with Crippen LogP contribution in [0.25, 0.3) is 10.8 Å². The maximum atomic E-state index is 6.23. The first-order valence-electron chi connectivity index (χ1n) is 6.31. The van der Waals surface area contributed by atoms with Crippen LogP contribution >= 0.6 is 0 Å². The van der Waals surface area contributed by atoms with Gasteiger partial charge in [0.2, 0.25) is 0 Å². The molecule has 1 aliphatic heterocycles. The third kappa shape index (κ3) is 1.99. The summed E-state index contributed by atoms with van der Waals surface area (Å²) in [5.41, 5.74) is 8.09. The Morgan fingerprint density at radius 2 is 2.28 bits per heavy atom. The second-order valence-electron chi connectivity index (χ2n) is 5.02. The van der Waals surface area contributed by atoms with E-state index in [0.717, 1.165) is 35.2 Å². The number of rotatable bonds is 2. The summed E-state index contributed by atoms with van der Waals surface area (Å²) in [6, 6.07) is 6.59. The second kappa shape index (κ2) is 4.46. The van der Waals surface area contributed by atoms with Gasteiger partial charge in [0.1, 0.15) is 0 Å². The molecule has 1 atom stereocenters. The molecule has 1 aromatic carbocycles. The number of likely N-dealkylation sites (tertiary alicyclic amines) is 1. The van der Waals surface area contributed by atoms with Crippen molar-refractivity contribution in [3.8, 4) is 0 Å². The van der Waals surface area contributed by atoms with Crippen LogP contribution in [-0.4, -0.2) is 36.1 Å². The van der Waals surface area contributed by atoms with Crippen LogP contribution in [0.5, 0.6) is 0 Å². The zero-order valence-corrected chi connectivity index (χ0v) is 10.6. The molecule has 0 radical (unpaired) electrons. The number of benzene rings is 1. The van der Waals surface area contributed by atoms with Gasteiger partial charge < -0.3 is 16.0 Å². The van der Waals surface area contributed by atoms with E-state index < -0.39 is 0 Å². The number of nitrogens with two attached hydrogens (primary N) is 1. The van der Waals surface area contributed by atoms with E-state index in [1.165, 1.54) is 6.42 Å². The summed E-state index contributed by atoms with van der Waals surface area (Å²) in [6.45, 7) is 2.23. The van der Waals surface area contributed by atoms with Crippen LogP contribution in [0.15, 0.2) is 30.6 Å². The van der Waals surface area contributed by atoms with Gasteiger partial charge in [0.05, 0.1) is 11.4 Å². The molecule has 2 heterocycles. The van der Waals surface area contributed by atoms with Crippen LogP contribution in [0.3, 0.4) is 0 Å². The van der Waals surface area contributed by atoms with Gasteiger partial charge in [-0.25, -0.2) is 0 Å². The topological polar surface area (TPSA) is 54.2 Å². The predicted octanol–water partition coefficient (Wildman–Crippen LogP) is 1.93. The minimum Gasteiger partial charge on any atom is -0.397 e. The molecule has 0 spiro atoms. The quantitative estimate of drug-likeness (QED) is 0.790. The summed E-state index contributed by atoms with van der Waals surface area (Å²) < 4.78 is 0. The molecular formula is C14H18N4. The summed E-state index contributed by atoms with van der Waals surface area (Å²) in [6.07, 6.45) is 4.80. The highest BCUT2D eigenvalue weighted by Crippen LogP contribution is 2.29. The summed E-state index contributed by atoms with van der Waals surface area (Å²) in [5.74, 6) is 0. The number of fused-ring (bicyclic) bond motifs is 1. The molecule has 3 rings (SSSR count). The van der Waals surface area contributed by atoms with Crippen LogP contribution in [0.1, 0.15) is 6.42 Å². The fourth-order valence-electron chi connectivity index (χ4n) is 2.59. The van der Waals surface area contributed by atoms with E-state index in [2.05, 4.69) is 34.4 Å². The number of nitrogen functional groups attached to an aromatic ring is 1. The number of nitrogens with one attached hydrogen (secondary N) is 1. The Bertz CT molecular complexity index is 567. The number of likely N-dealkylation sites (N-methyl/N-ethyl adjacent to an activating group) is 1. The van der Waals surface area contributed by atoms with Gasteiger partial charge >= 0.3 is 0 Å². The van der Waals surface area contributed by atoms with Crippen molar-refractivity contribution in [3.05, 3.63) is 30.6 Å². The first kappa shape index (κ1) is 11.3. The molecule has 1 aliphatic rings. The lowest BCUT2D eigenvalue weighted by atomic mass is 10.1. The predicted molar refractivity (Wildman–Crippen MR) is 75.7 cm³/mol. The van der Waals surface area contributed by atoms with Crippen molar-refractivity contribution in [1.82, 2.24) is 9.88 Å². The molecule has 18 heavy (non-hydrogen) atoms. The Balaban J connectivity index is 1.90. The van der Waals surface area contributed by atoms with E-state index in [1.54, 1.807) is 6.20 Å². The Labute approximate surface area is 107 Å². The molecule has 2 aromatic rings. The highest BCUT2D eigenvalue weighted by molar-refractivity contribution is 5.98. The van der Waals surface area contributed by atoms with E-state index in [1.807, 2.05) is 12.3 Å². The van der Waals surface area contributed by atoms with Crippen molar-refractivity contribution in [3.63, 3.8) is 0 Å². The van der Waals surface area contributed by atoms with Crippen molar-refractivity contribution < 1.29 is 0 Å². The summed E-state index contributed by atoms with van der Waals surface area (Å²) in [4.78, 5) is 6.45. The zero-order valence-electron chi connectivity index (χ0n) is 10.6. The minimum atomic E-state index is 0.497. The molecule has 94 valence electrons. The normalized spacial score (nSPS) is 20.4. The van der Waals surface area contributed by atoms with E-state index in [0.29, 0.717) is 6.04 Å². The lowest BCUT2D eigenvalue weighted by Gasteiger charge is -2.17. The molecule has 1 saturated heterocycles. The number of nitrogens with zero attached hydrogens (tertiary/aromatic N) is 2. The average molecular weight is 242 g/mol. The Morgan fingerprint density at radius 1 is 1.39 bits per heavy atom. The smallest absolute Gasteiger partial charge is 0.0630 e. The summed E-state index contributed by atoms with van der Waals surface area (Å²) in [5, 5.41) is 5.70. The third-order valence-corrected chi connectivity index (χ3v) is 3.61. The van der Waals surface area contributed by atoms with Gasteiger partial charge in [-0.1, -0.05) is 6.07 Å². The van der Waals surface area contributed by atoms with E-state index >= 15 is 0 Å². The summed E-state index contributed by atoms with van der Waals surface area (Å²) in [7, 11) is 2.15. The van der Waals surface area contributed by atoms with Crippen molar-refractivity contribution in [1.29, 1.82) is 0 Å². The monoisotopic (exact) mass is 242 g/mol. The Hall–Kier alpha value is -1.81. The molecule has 0 bridgehead atoms. The Morgan fingerprint density at radius 3 is 3.06 bits per heavy atom. The molecule has 3 N–H and O–H groups in total. The molecule has 0 amide bonds. The molecule has 1 unspecified atom stereocenters. The van der Waals surface area contributed by atoms with Crippen LogP contribution in [0, 0.1) is 0 Å². The minimum absolute atomic E-state index is 0.497. The number of anilines is 2. The van der Waals surface area contributed by atoms with E-state index in [-0.39, 0.29) is 0 Å². The zero-order chi connectivity index (χ0) is 12.5. The molecule has 1 fully saturated rings. The maximum Gasteiger partial charge on any atom is 0.0630 e. The molecule has 1 aromatic heterocycles. The van der Waals surface area contributed by atoms with Gasteiger partial charge in [-0.15, -0.1) is 0 Å². The van der Waals surface area contributed by atoms with Crippen molar-refractivity contribution in [2.24, 2.45) is 0 Å². The number of pyridine rings is 1. The van der Waals surface area contributed by atoms with E-state index in [4.69, 9.17) is 5.73 Å². The largest absolute Gasteiger partial charge is 0.397 e. The standard InChI is InChI=1S/C14H18N4/c1-18-7-5-11(9-18)17-13-3-2-10-8-16-6-4-12(10)14(13)15/h2-4,6,8,11,17H,5,7,9,15H2,1H3. The summed E-state index contributed by atoms with van der Waals surface area (Å²) >= 11 is 0. The van der Waals surface area contributed by atoms with Crippen LogP contribution in [-0.2, 0) is 0 Å².